The number of nitrogens with one attached hydrogen (secondary N) is 1. The lowest BCUT2D eigenvalue weighted by Crippen LogP contribution is -2.26. The number of rotatable bonds is 6. The molecule has 0 spiro atoms. The molecular weight excluding hydrogens is 456 g/mol. The minimum absolute atomic E-state index is 0.136. The zero-order valence-corrected chi connectivity index (χ0v) is 21.4. The number of aldehydes is 1. The molecule has 2 atom stereocenters. The largest absolute Gasteiger partial charge is 0.378 e. The summed E-state index contributed by atoms with van der Waals surface area (Å²) in [5.74, 6) is -0.905. The molecule has 2 aromatic rings. The molecule has 8 nitrogen and oxygen atoms in total. The van der Waals surface area contributed by atoms with Crippen molar-refractivity contribution in [2.45, 2.75) is 53.1 Å². The van der Waals surface area contributed by atoms with Crippen LogP contribution in [0.3, 0.4) is 0 Å². The summed E-state index contributed by atoms with van der Waals surface area (Å²) in [6, 6.07) is 2.62. The van der Waals surface area contributed by atoms with Crippen LogP contribution in [0.1, 0.15) is 54.7 Å². The number of hydrogen-bond donors (Lipinski definition) is 2. The normalized spacial score (nSPS) is 16.7. The van der Waals surface area contributed by atoms with Crippen LogP contribution in [0.5, 0.6) is 0 Å². The number of benzene rings is 1. The van der Waals surface area contributed by atoms with E-state index >= 15 is 0 Å². The molecule has 3 rings (SSSR count). The van der Waals surface area contributed by atoms with Crippen LogP contribution in [0.2, 0.25) is 0 Å². The van der Waals surface area contributed by atoms with Gasteiger partial charge >= 0.3 is 0 Å². The van der Waals surface area contributed by atoms with Gasteiger partial charge in [0.15, 0.2) is 0 Å². The first-order valence-corrected chi connectivity index (χ1v) is 11.5. The molecule has 1 fully saturated rings. The van der Waals surface area contributed by atoms with Crippen LogP contribution in [0.15, 0.2) is 18.3 Å². The van der Waals surface area contributed by atoms with E-state index in [1.807, 2.05) is 39.8 Å². The van der Waals surface area contributed by atoms with Crippen LogP contribution >= 0.6 is 0 Å². The van der Waals surface area contributed by atoms with E-state index in [1.54, 1.807) is 13.1 Å². The van der Waals surface area contributed by atoms with Gasteiger partial charge in [-0.15, -0.1) is 0 Å². The van der Waals surface area contributed by atoms with Crippen molar-refractivity contribution in [3.8, 4) is 0 Å². The smallest absolute Gasteiger partial charge is 0.251 e. The number of halogens is 2. The number of primary amides is 1. The van der Waals surface area contributed by atoms with E-state index in [9.17, 15) is 18.4 Å². The number of nitrogens with zero attached hydrogens (tertiary/aromatic N) is 3. The summed E-state index contributed by atoms with van der Waals surface area (Å²) in [6.45, 7) is 8.56. The SMILES string of the molecule is CC1CCOCC1F.CCCC=O.Cc1cc(C(N)=O)c(F)cc1Nc1ncc(N(C)C)c(C)n1. The number of carbonyl (C=O) groups is 2. The number of ether oxygens (including phenoxy) is 1. The second-order valence-electron chi connectivity index (χ2n) is 8.51. The lowest BCUT2D eigenvalue weighted by atomic mass is 10.0. The number of unbranched alkanes of at least 4 members (excludes halogenated alkanes) is 1. The minimum atomic E-state index is -0.797. The molecule has 1 aromatic heterocycles. The third kappa shape index (κ3) is 9.94. The zero-order chi connectivity index (χ0) is 26.5. The monoisotopic (exact) mass is 493 g/mol. The number of alkyl halides is 1. The van der Waals surface area contributed by atoms with Gasteiger partial charge in [0.2, 0.25) is 5.95 Å². The van der Waals surface area contributed by atoms with Crippen molar-refractivity contribution in [2.75, 3.05) is 37.5 Å². The standard InChI is InChI=1S/C15H18FN5O.C6H11FO.C4H8O/c1-8-5-10(14(17)22)11(16)6-12(8)20-15-18-7-13(21(3)4)9(2)19-15;1-5-2-3-8-4-6(5)7;1-2-3-4-5/h5-7H,1-4H3,(H2,17,22)(H,18,19,20);5-6H,2-4H2,1H3;4H,2-3H2,1H3. The lowest BCUT2D eigenvalue weighted by molar-refractivity contribution is -0.107. The van der Waals surface area contributed by atoms with Crippen LogP contribution in [-0.4, -0.2) is 55.6 Å². The molecule has 0 aliphatic carbocycles. The predicted molar refractivity (Wildman–Crippen MR) is 135 cm³/mol. The zero-order valence-electron chi connectivity index (χ0n) is 21.4. The Hall–Kier alpha value is -3.14. The molecule has 1 amide bonds. The third-order valence-corrected chi connectivity index (χ3v) is 5.28. The van der Waals surface area contributed by atoms with Gasteiger partial charge in [0.25, 0.3) is 5.91 Å². The van der Waals surface area contributed by atoms with Gasteiger partial charge in [0.05, 0.1) is 29.7 Å². The Kier molecular flexibility index (Phi) is 12.8. The van der Waals surface area contributed by atoms with Crippen LogP contribution in [0.25, 0.3) is 0 Å². The molecule has 3 N–H and O–H groups in total. The Morgan fingerprint density at radius 1 is 1.34 bits per heavy atom. The highest BCUT2D eigenvalue weighted by atomic mass is 19.1. The van der Waals surface area contributed by atoms with Crippen LogP contribution in [-0.2, 0) is 9.53 Å². The quantitative estimate of drug-likeness (QED) is 0.570. The maximum atomic E-state index is 13.8. The summed E-state index contributed by atoms with van der Waals surface area (Å²) in [6.07, 6.45) is 4.46. The summed E-state index contributed by atoms with van der Waals surface area (Å²) in [5, 5.41) is 2.95. The van der Waals surface area contributed by atoms with Crippen LogP contribution in [0.4, 0.5) is 26.1 Å². The predicted octanol–water partition coefficient (Wildman–Crippen LogP) is 4.51. The average Bonchev–Trinajstić information content (AvgIpc) is 2.79. The molecule has 2 unspecified atom stereocenters. The third-order valence-electron chi connectivity index (χ3n) is 5.28. The fourth-order valence-corrected chi connectivity index (χ4v) is 3.01. The average molecular weight is 494 g/mol. The molecule has 0 bridgehead atoms. The number of carbonyl (C=O) groups excluding carboxylic acids is 2. The van der Waals surface area contributed by atoms with Gasteiger partial charge in [-0.3, -0.25) is 4.79 Å². The molecule has 0 radical (unpaired) electrons. The molecular formula is C25H37F2N5O3. The van der Waals surface area contributed by atoms with Crippen LogP contribution in [0, 0.1) is 25.6 Å². The second kappa shape index (κ2) is 15.0. The molecule has 2 heterocycles. The molecule has 1 aliphatic heterocycles. The fourth-order valence-electron chi connectivity index (χ4n) is 3.01. The highest BCUT2D eigenvalue weighted by Crippen LogP contribution is 2.24. The fraction of sp³-hybridized carbons (Fsp3) is 0.520. The Bertz CT molecular complexity index is 962. The Morgan fingerprint density at radius 3 is 2.46 bits per heavy atom. The van der Waals surface area contributed by atoms with Crippen molar-refractivity contribution >= 4 is 29.5 Å². The maximum Gasteiger partial charge on any atom is 0.251 e. The summed E-state index contributed by atoms with van der Waals surface area (Å²) in [7, 11) is 3.81. The molecule has 35 heavy (non-hydrogen) atoms. The second-order valence-corrected chi connectivity index (χ2v) is 8.51. The highest BCUT2D eigenvalue weighted by molar-refractivity contribution is 5.94. The van der Waals surface area contributed by atoms with E-state index in [0.29, 0.717) is 30.2 Å². The van der Waals surface area contributed by atoms with Gasteiger partial charge in [-0.25, -0.2) is 18.7 Å². The van der Waals surface area contributed by atoms with E-state index in [4.69, 9.17) is 10.5 Å². The minimum Gasteiger partial charge on any atom is -0.378 e. The van der Waals surface area contributed by atoms with Crippen LogP contribution < -0.4 is 16.0 Å². The van der Waals surface area contributed by atoms with Gasteiger partial charge in [-0.1, -0.05) is 13.8 Å². The Balaban J connectivity index is 0.000000385. The van der Waals surface area contributed by atoms with Crippen molar-refractivity contribution in [3.05, 3.63) is 41.0 Å². The van der Waals surface area contributed by atoms with E-state index in [-0.39, 0.29) is 11.5 Å². The van der Waals surface area contributed by atoms with Crippen molar-refractivity contribution < 1.29 is 23.1 Å². The van der Waals surface area contributed by atoms with Crippen molar-refractivity contribution in [3.63, 3.8) is 0 Å². The number of hydrogen-bond acceptors (Lipinski definition) is 7. The van der Waals surface area contributed by atoms with Gasteiger partial charge in [0, 0.05) is 32.8 Å². The summed E-state index contributed by atoms with van der Waals surface area (Å²) in [4.78, 5) is 31.0. The van der Waals surface area contributed by atoms with Gasteiger partial charge in [0.1, 0.15) is 18.3 Å². The maximum absolute atomic E-state index is 13.8. The highest BCUT2D eigenvalue weighted by Gasteiger charge is 2.20. The van der Waals surface area contributed by atoms with Gasteiger partial charge < -0.3 is 25.5 Å². The first kappa shape index (κ1) is 29.9. The lowest BCUT2D eigenvalue weighted by Gasteiger charge is -2.21. The molecule has 0 saturated carbocycles. The molecule has 10 heteroatoms. The van der Waals surface area contributed by atoms with Gasteiger partial charge in [-0.2, -0.15) is 0 Å². The van der Waals surface area contributed by atoms with Gasteiger partial charge in [-0.05, 0) is 50.3 Å². The first-order valence-electron chi connectivity index (χ1n) is 11.5. The number of aryl methyl sites for hydroxylation is 2. The van der Waals surface area contributed by atoms with Crippen molar-refractivity contribution in [1.82, 2.24) is 9.97 Å². The molecule has 194 valence electrons. The van der Waals surface area contributed by atoms with E-state index in [0.717, 1.165) is 37.1 Å². The van der Waals surface area contributed by atoms with Crippen molar-refractivity contribution in [2.24, 2.45) is 11.7 Å². The summed E-state index contributed by atoms with van der Waals surface area (Å²) < 4.78 is 31.2. The number of aromatic nitrogens is 2. The number of amides is 1. The summed E-state index contributed by atoms with van der Waals surface area (Å²) in [5.41, 5.74) is 7.85. The van der Waals surface area contributed by atoms with E-state index < -0.39 is 17.9 Å². The summed E-state index contributed by atoms with van der Waals surface area (Å²) >= 11 is 0. The van der Waals surface area contributed by atoms with E-state index in [1.165, 1.54) is 12.1 Å². The molecule has 1 aromatic carbocycles. The van der Waals surface area contributed by atoms with E-state index in [2.05, 4.69) is 15.3 Å². The first-order chi connectivity index (χ1) is 16.5. The topological polar surface area (TPSA) is 110 Å². The molecule has 1 aliphatic rings. The number of anilines is 3. The van der Waals surface area contributed by atoms with Crippen molar-refractivity contribution in [1.29, 1.82) is 0 Å². The number of nitrogens with two attached hydrogens (primary N) is 1. The Labute approximate surface area is 206 Å². The Morgan fingerprint density at radius 2 is 2.03 bits per heavy atom. The molecule has 1 saturated heterocycles.